The van der Waals surface area contributed by atoms with Crippen LogP contribution in [0.1, 0.15) is 153 Å². The highest BCUT2D eigenvalue weighted by molar-refractivity contribution is 9.10. The number of nitrogens with one attached hydrogen (secondary N) is 1. The largest absolute Gasteiger partial charge is 0.493 e. The summed E-state index contributed by atoms with van der Waals surface area (Å²) in [5.41, 5.74) is 17.4. The molecule has 4 amide bonds. The summed E-state index contributed by atoms with van der Waals surface area (Å²) in [7, 11) is 0. The molecule has 4 saturated heterocycles. The van der Waals surface area contributed by atoms with Crippen LogP contribution < -0.4 is 10.1 Å². The lowest BCUT2D eigenvalue weighted by Crippen LogP contribution is -2.32. The van der Waals surface area contributed by atoms with Gasteiger partial charge in [0, 0.05) is 145 Å². The molecule has 652 valence electrons. The first-order valence-corrected chi connectivity index (χ1v) is 44.7. The second kappa shape index (κ2) is 35.8. The van der Waals surface area contributed by atoms with Gasteiger partial charge in [0.05, 0.1) is 60.3 Å². The van der Waals surface area contributed by atoms with Gasteiger partial charge in [-0.05, 0) is 210 Å². The number of aliphatic hydroxyl groups is 4. The monoisotopic (exact) mass is 1770 g/mol. The van der Waals surface area contributed by atoms with Gasteiger partial charge < -0.3 is 68.2 Å². The summed E-state index contributed by atoms with van der Waals surface area (Å²) < 4.78 is 28.9. The van der Waals surface area contributed by atoms with Crippen molar-refractivity contribution in [2.24, 2.45) is 5.92 Å². The van der Waals surface area contributed by atoms with Crippen molar-refractivity contribution in [2.45, 2.75) is 151 Å². The number of aliphatic hydroxyl groups excluding tert-OH is 4. The van der Waals surface area contributed by atoms with E-state index in [4.69, 9.17) is 22.8 Å². The first-order chi connectivity index (χ1) is 61.7. The van der Waals surface area contributed by atoms with Gasteiger partial charge in [-0.15, -0.1) is 0 Å². The molecule has 5 aromatic heterocycles. The zero-order valence-corrected chi connectivity index (χ0v) is 73.0. The number of likely N-dealkylation sites (tertiary alicyclic amines) is 4. The molecule has 127 heavy (non-hydrogen) atoms. The Labute approximate surface area is 742 Å². The topological polar surface area (TPSA) is 376 Å². The molecular formula is C98H100BrN15O13. The average Bonchev–Trinajstić information content (AvgIpc) is 1.60. The average molecular weight is 1780 g/mol. The van der Waals surface area contributed by atoms with Crippen LogP contribution in [-0.4, -0.2) is 201 Å². The fourth-order valence-electron chi connectivity index (χ4n) is 20.3. The standard InChI is InChI=1S/C26H27N3O4.C25H27N3O3.C24H26BrN5O3.C23H20N4O3/c30-13-12-29-16-26(14-23(29)31)11-10-20-21(2-1-3-22(20)26)24-27-25(33-28-24)18-6-8-19(9-7-18)32-15-17-4-5-17;1-16(2)17-6-8-18(9-7-17)24-26-23(27-31-24)20-4-3-5-21-19(20)10-11-25(21)14-22(30)28(15-25)12-13-29;1-14(2)27-22-19(25)10-15(12-26-22)23-28-21(29-33-23)17-4-3-5-18-16(17)6-7-24(18)11-20(32)30(13-24)8-9-31;24-13-15-4-1-2-5-16(15)22-25-21(26-30-22)18-6-3-7-19-17(18)8-9-23(19)12-20(29)27(14-23)10-11-28/h1-3,6-9,17,30H,4-5,10-16H2;3-9,16,29H,10-15H2,1-2H3;3-5,10,12,14,31H,6-9,11,13H2,1-2H3,(H,26,27);1-7,28H,8-12,14H2. The molecule has 5 aliphatic carbocycles. The first-order valence-electron chi connectivity index (χ1n) is 43.9. The molecule has 12 aromatic rings. The first kappa shape index (κ1) is 85.3. The molecule has 4 atom stereocenters. The Morgan fingerprint density at radius 3 is 1.17 bits per heavy atom. The van der Waals surface area contributed by atoms with Crippen molar-refractivity contribution in [1.82, 2.24) is 65.1 Å². The van der Waals surface area contributed by atoms with Crippen LogP contribution in [-0.2, 0) is 66.5 Å². The van der Waals surface area contributed by atoms with Crippen LogP contribution in [0.5, 0.6) is 5.75 Å². The van der Waals surface area contributed by atoms with Gasteiger partial charge in [-0.1, -0.05) is 132 Å². The summed E-state index contributed by atoms with van der Waals surface area (Å²) in [6.45, 7) is 13.4. The van der Waals surface area contributed by atoms with E-state index >= 15 is 0 Å². The fourth-order valence-corrected chi connectivity index (χ4v) is 20.7. The normalized spacial score (nSPS) is 20.4. The van der Waals surface area contributed by atoms with Crippen LogP contribution in [0.2, 0.25) is 0 Å². The number of halogens is 1. The minimum Gasteiger partial charge on any atom is -0.493 e. The molecule has 7 aromatic carbocycles. The Kier molecular flexibility index (Phi) is 24.0. The molecule has 1 saturated carbocycles. The van der Waals surface area contributed by atoms with Crippen molar-refractivity contribution >= 4 is 45.4 Å². The van der Waals surface area contributed by atoms with Crippen LogP contribution in [0.4, 0.5) is 5.82 Å². The quantitative estimate of drug-likeness (QED) is 0.0421. The number of benzene rings is 7. The summed E-state index contributed by atoms with van der Waals surface area (Å²) in [4.78, 5) is 80.2. The van der Waals surface area contributed by atoms with Crippen LogP contribution in [0.3, 0.4) is 0 Å². The molecule has 4 aliphatic heterocycles. The Morgan fingerprint density at radius 2 is 0.819 bits per heavy atom. The Morgan fingerprint density at radius 1 is 0.465 bits per heavy atom. The van der Waals surface area contributed by atoms with Crippen molar-refractivity contribution < 1.29 is 62.4 Å². The number of pyridine rings is 1. The Balaban J connectivity index is 0.000000115. The number of ether oxygens (including phenoxy) is 1. The predicted octanol–water partition coefficient (Wildman–Crippen LogP) is 14.0. The third kappa shape index (κ3) is 16.8. The lowest BCUT2D eigenvalue weighted by atomic mass is 9.80. The highest BCUT2D eigenvalue weighted by atomic mass is 79.9. The number of rotatable bonds is 22. The summed E-state index contributed by atoms with van der Waals surface area (Å²) >= 11 is 3.56. The smallest absolute Gasteiger partial charge is 0.259 e. The number of hydrogen-bond donors (Lipinski definition) is 5. The number of β-amino-alcohol motifs (C(OH)–C–C–N with tert-alkyl or cyclic N) is 4. The van der Waals surface area contributed by atoms with E-state index in [1.54, 1.807) is 44.0 Å². The lowest BCUT2D eigenvalue weighted by molar-refractivity contribution is -0.128. The molecule has 4 unspecified atom stereocenters. The number of carbonyl (C=O) groups excluding carboxylic acids is 4. The molecular weight excluding hydrogens is 1680 g/mol. The van der Waals surface area contributed by atoms with E-state index in [1.807, 2.05) is 97.1 Å². The van der Waals surface area contributed by atoms with E-state index in [0.29, 0.717) is 142 Å². The van der Waals surface area contributed by atoms with Crippen molar-refractivity contribution in [2.75, 3.05) is 90.7 Å². The van der Waals surface area contributed by atoms with Gasteiger partial charge in [0.25, 0.3) is 23.6 Å². The highest BCUT2D eigenvalue weighted by Gasteiger charge is 2.53. The van der Waals surface area contributed by atoms with Crippen molar-refractivity contribution in [3.05, 3.63) is 218 Å². The van der Waals surface area contributed by atoms with Crippen molar-refractivity contribution in [3.8, 4) is 103 Å². The van der Waals surface area contributed by atoms with E-state index in [2.05, 4.69) is 137 Å². The third-order valence-electron chi connectivity index (χ3n) is 26.8. The van der Waals surface area contributed by atoms with Gasteiger partial charge in [0.2, 0.25) is 46.9 Å². The fraction of sp³-hybridized carbons (Fsp3) is 0.388. The molecule has 9 aliphatic rings. The molecule has 21 rings (SSSR count). The summed E-state index contributed by atoms with van der Waals surface area (Å²) in [6.07, 6.45) is 13.3. The van der Waals surface area contributed by atoms with Crippen LogP contribution in [0.25, 0.3) is 91.4 Å². The van der Waals surface area contributed by atoms with Gasteiger partial charge in [-0.25, -0.2) is 4.98 Å². The number of fused-ring (bicyclic) bond motifs is 8. The third-order valence-corrected chi connectivity index (χ3v) is 27.4. The van der Waals surface area contributed by atoms with E-state index in [9.17, 15) is 44.9 Å². The molecule has 9 heterocycles. The van der Waals surface area contributed by atoms with Gasteiger partial charge in [0.15, 0.2) is 0 Å². The molecule has 5 N–H and O–H groups in total. The van der Waals surface area contributed by atoms with Crippen molar-refractivity contribution in [3.63, 3.8) is 0 Å². The molecule has 0 radical (unpaired) electrons. The Hall–Kier alpha value is -12.5. The summed E-state index contributed by atoms with van der Waals surface area (Å²) in [6, 6.07) is 52.1. The number of hydrogen-bond acceptors (Lipinski definition) is 24. The van der Waals surface area contributed by atoms with Gasteiger partial charge in [-0.2, -0.15) is 25.2 Å². The SMILES string of the molecule is CC(C)Nc1ncc(-c2nc(-c3cccc4c3CCC43CC(=O)N(CCO)C3)no2)cc1Br.CC(C)c1ccc(-c2nc(-c3cccc4c3CCC43CC(=O)N(CCO)C3)no2)cc1.N#Cc1ccccc1-c1nc(-c2cccc3c2CCC32CC(=O)N(CCO)C2)no1.O=C1CC2(CCc3c(-c4noc(-c5ccc(OCC6CC6)cc5)n4)cccc32)CN1CCO. The summed E-state index contributed by atoms with van der Waals surface area (Å²) in [5.74, 6) is 7.17. The highest BCUT2D eigenvalue weighted by Crippen LogP contribution is 2.53. The zero-order chi connectivity index (χ0) is 87.9. The minimum absolute atomic E-state index is 0.00149. The number of anilines is 1. The van der Waals surface area contributed by atoms with Gasteiger partial charge >= 0.3 is 0 Å². The number of nitrogens with zero attached hydrogens (tertiary/aromatic N) is 14. The van der Waals surface area contributed by atoms with Crippen LogP contribution in [0, 0.1) is 17.2 Å². The lowest BCUT2D eigenvalue weighted by Gasteiger charge is -2.24. The molecule has 28 nitrogen and oxygen atoms in total. The second-order valence-electron chi connectivity index (χ2n) is 35.6. The van der Waals surface area contributed by atoms with Crippen LogP contribution >= 0.6 is 15.9 Å². The zero-order valence-electron chi connectivity index (χ0n) is 71.4. The Bertz CT molecular complexity index is 6170. The maximum Gasteiger partial charge on any atom is 0.259 e. The number of carbonyl (C=O) groups is 4. The van der Waals surface area contributed by atoms with Crippen LogP contribution in [0.15, 0.2) is 180 Å². The van der Waals surface area contributed by atoms with E-state index in [0.717, 1.165) is 130 Å². The van der Waals surface area contributed by atoms with Crippen molar-refractivity contribution in [1.29, 1.82) is 5.26 Å². The molecule has 5 fully saturated rings. The van der Waals surface area contributed by atoms with E-state index in [-0.39, 0.29) is 77.8 Å². The molecule has 0 bridgehead atoms. The molecule has 4 spiro atoms. The number of amides is 4. The number of nitriles is 1. The minimum atomic E-state index is -0.211. The maximum absolute atomic E-state index is 12.5. The molecule has 29 heteroatoms. The van der Waals surface area contributed by atoms with E-state index in [1.165, 1.54) is 51.8 Å². The predicted molar refractivity (Wildman–Crippen MR) is 475 cm³/mol. The number of aromatic nitrogens is 9. The maximum atomic E-state index is 12.5. The van der Waals surface area contributed by atoms with Gasteiger partial charge in [0.1, 0.15) is 11.6 Å². The van der Waals surface area contributed by atoms with E-state index < -0.39 is 0 Å². The summed E-state index contributed by atoms with van der Waals surface area (Å²) in [5, 5.41) is 66.8. The van der Waals surface area contributed by atoms with Gasteiger partial charge in [-0.3, -0.25) is 19.2 Å². The second-order valence-corrected chi connectivity index (χ2v) is 36.4.